The van der Waals surface area contributed by atoms with Crippen molar-refractivity contribution in [3.63, 3.8) is 0 Å². The van der Waals surface area contributed by atoms with Crippen molar-refractivity contribution in [1.82, 2.24) is 9.79 Å². The van der Waals surface area contributed by atoms with Gasteiger partial charge in [0.25, 0.3) is 5.91 Å². The van der Waals surface area contributed by atoms with Crippen LogP contribution < -0.4 is 5.48 Å². The summed E-state index contributed by atoms with van der Waals surface area (Å²) in [6, 6.07) is 5.38. The van der Waals surface area contributed by atoms with Crippen LogP contribution in [0.5, 0.6) is 0 Å². The molecule has 120 valence electrons. The molecule has 3 rings (SSSR count). The second kappa shape index (κ2) is 5.92. The minimum atomic E-state index is -3.77. The molecule has 6 nitrogen and oxygen atoms in total. The molecule has 1 amide bonds. The van der Waals surface area contributed by atoms with Gasteiger partial charge in [-0.1, -0.05) is 22.4 Å². The van der Waals surface area contributed by atoms with Crippen LogP contribution in [0.2, 0.25) is 0 Å². The Bertz CT molecular complexity index is 677. The zero-order chi connectivity index (χ0) is 15.9. The van der Waals surface area contributed by atoms with E-state index in [4.69, 9.17) is 5.21 Å². The van der Waals surface area contributed by atoms with Crippen LogP contribution >= 0.6 is 15.9 Å². The molecule has 0 unspecified atom stereocenters. The van der Waals surface area contributed by atoms with Crippen LogP contribution in [0.25, 0.3) is 0 Å². The molecule has 22 heavy (non-hydrogen) atoms. The second-order valence-electron chi connectivity index (χ2n) is 5.77. The van der Waals surface area contributed by atoms with Gasteiger partial charge in [-0.05, 0) is 49.4 Å². The number of amides is 1. The Morgan fingerprint density at radius 2 is 1.95 bits per heavy atom. The van der Waals surface area contributed by atoms with E-state index in [1.165, 1.54) is 16.4 Å². The number of halogens is 1. The van der Waals surface area contributed by atoms with E-state index in [1.54, 1.807) is 17.6 Å². The summed E-state index contributed by atoms with van der Waals surface area (Å²) in [5.41, 5.74) is 1.61. The summed E-state index contributed by atoms with van der Waals surface area (Å²) >= 11 is 3.28. The highest BCUT2D eigenvalue weighted by Crippen LogP contribution is 2.44. The fraction of sp³-hybridized carbons (Fsp3) is 0.500. The van der Waals surface area contributed by atoms with Crippen molar-refractivity contribution in [2.75, 3.05) is 0 Å². The average Bonchev–Trinajstić information content (AvgIpc) is 3.06. The summed E-state index contributed by atoms with van der Waals surface area (Å²) in [7, 11) is -3.77. The quantitative estimate of drug-likeness (QED) is 0.611. The fourth-order valence-electron chi connectivity index (χ4n) is 3.62. The number of rotatable bonds is 3. The molecule has 0 bridgehead atoms. The second-order valence-corrected chi connectivity index (χ2v) is 8.53. The van der Waals surface area contributed by atoms with Crippen LogP contribution in [0.1, 0.15) is 25.7 Å². The van der Waals surface area contributed by atoms with Crippen LogP contribution in [0.3, 0.4) is 0 Å². The zero-order valence-corrected chi connectivity index (χ0v) is 14.2. The minimum Gasteiger partial charge on any atom is -0.289 e. The third kappa shape index (κ3) is 2.58. The van der Waals surface area contributed by atoms with Gasteiger partial charge in [-0.2, -0.15) is 4.31 Å². The number of fused-ring (bicyclic) bond motifs is 1. The van der Waals surface area contributed by atoms with Gasteiger partial charge in [-0.15, -0.1) is 0 Å². The zero-order valence-electron chi connectivity index (χ0n) is 11.8. The number of nitrogens with one attached hydrogen (secondary N) is 1. The maximum atomic E-state index is 13.0. The van der Waals surface area contributed by atoms with E-state index >= 15 is 0 Å². The Morgan fingerprint density at radius 1 is 1.27 bits per heavy atom. The largest absolute Gasteiger partial charge is 0.289 e. The Kier molecular flexibility index (Phi) is 4.28. The van der Waals surface area contributed by atoms with E-state index in [2.05, 4.69) is 15.9 Å². The standard InChI is InChI=1S/C14H17BrN2O4S/c15-10-4-6-11(7-5-10)22(20,21)17-12-3-1-2-9(12)8-13(17)14(18)16-19/h4-7,9,12-13,19H,1-3,8H2,(H,16,18)/t9-,12-,13-/m1/s1. The number of hydrogen-bond donors (Lipinski definition) is 2. The van der Waals surface area contributed by atoms with Crippen molar-refractivity contribution in [2.45, 2.75) is 42.7 Å². The van der Waals surface area contributed by atoms with E-state index in [9.17, 15) is 13.2 Å². The lowest BCUT2D eigenvalue weighted by Gasteiger charge is -2.27. The number of benzene rings is 1. The lowest BCUT2D eigenvalue weighted by Crippen LogP contribution is -2.48. The third-order valence-electron chi connectivity index (χ3n) is 4.58. The summed E-state index contributed by atoms with van der Waals surface area (Å²) in [6.45, 7) is 0. The molecule has 2 aliphatic rings. The molecular weight excluding hydrogens is 372 g/mol. The summed E-state index contributed by atoms with van der Waals surface area (Å²) in [5, 5.41) is 8.92. The van der Waals surface area contributed by atoms with Crippen molar-refractivity contribution in [3.05, 3.63) is 28.7 Å². The van der Waals surface area contributed by atoms with Crippen molar-refractivity contribution < 1.29 is 18.4 Å². The first-order valence-electron chi connectivity index (χ1n) is 7.18. The molecule has 2 N–H and O–H groups in total. The Hall–Kier alpha value is -0.960. The van der Waals surface area contributed by atoms with Gasteiger partial charge in [0, 0.05) is 10.5 Å². The van der Waals surface area contributed by atoms with E-state index in [1.807, 2.05) is 0 Å². The molecule has 1 saturated carbocycles. The molecule has 1 aromatic rings. The lowest BCUT2D eigenvalue weighted by molar-refractivity contribution is -0.132. The fourth-order valence-corrected chi connectivity index (χ4v) is 5.76. The molecule has 3 atom stereocenters. The molecule has 1 aliphatic carbocycles. The summed E-state index contributed by atoms with van der Waals surface area (Å²) in [6.07, 6.45) is 3.11. The Morgan fingerprint density at radius 3 is 2.59 bits per heavy atom. The number of sulfonamides is 1. The highest BCUT2D eigenvalue weighted by Gasteiger charge is 2.51. The first-order chi connectivity index (χ1) is 10.4. The molecule has 1 aliphatic heterocycles. The third-order valence-corrected chi connectivity index (χ3v) is 7.06. The summed E-state index contributed by atoms with van der Waals surface area (Å²) in [4.78, 5) is 12.1. The summed E-state index contributed by atoms with van der Waals surface area (Å²) < 4.78 is 28.0. The molecule has 8 heteroatoms. The van der Waals surface area contributed by atoms with E-state index < -0.39 is 22.0 Å². The van der Waals surface area contributed by atoms with Gasteiger partial charge in [0.1, 0.15) is 6.04 Å². The van der Waals surface area contributed by atoms with Crippen molar-refractivity contribution >= 4 is 31.9 Å². The Balaban J connectivity index is 2.01. The molecule has 1 saturated heterocycles. The van der Waals surface area contributed by atoms with Gasteiger partial charge in [0.05, 0.1) is 4.90 Å². The van der Waals surface area contributed by atoms with E-state index in [0.717, 1.165) is 23.7 Å². The molecule has 0 aromatic heterocycles. The average molecular weight is 389 g/mol. The highest BCUT2D eigenvalue weighted by atomic mass is 79.9. The van der Waals surface area contributed by atoms with Gasteiger partial charge < -0.3 is 0 Å². The predicted octanol–water partition coefficient (Wildman–Crippen LogP) is 1.89. The van der Waals surface area contributed by atoms with Crippen molar-refractivity contribution in [2.24, 2.45) is 5.92 Å². The van der Waals surface area contributed by atoms with Crippen LogP contribution in [0.4, 0.5) is 0 Å². The van der Waals surface area contributed by atoms with Gasteiger partial charge in [-0.3, -0.25) is 10.0 Å². The Labute approximate surface area is 137 Å². The number of carbonyl (C=O) groups is 1. The van der Waals surface area contributed by atoms with Gasteiger partial charge in [0.15, 0.2) is 0 Å². The first-order valence-corrected chi connectivity index (χ1v) is 9.41. The van der Waals surface area contributed by atoms with E-state index in [-0.39, 0.29) is 16.9 Å². The number of carbonyl (C=O) groups excluding carboxylic acids is 1. The first kappa shape index (κ1) is 15.9. The number of hydrogen-bond acceptors (Lipinski definition) is 4. The molecule has 0 spiro atoms. The smallest absolute Gasteiger partial charge is 0.261 e. The molecule has 1 heterocycles. The van der Waals surface area contributed by atoms with Crippen LogP contribution in [-0.2, 0) is 14.8 Å². The molecule has 1 aromatic carbocycles. The lowest BCUT2D eigenvalue weighted by atomic mass is 10.0. The van der Waals surface area contributed by atoms with Crippen molar-refractivity contribution in [3.8, 4) is 0 Å². The van der Waals surface area contributed by atoms with Gasteiger partial charge in [-0.25, -0.2) is 13.9 Å². The molecular formula is C14H17BrN2O4S. The monoisotopic (exact) mass is 388 g/mol. The SMILES string of the molecule is O=C(NO)[C@H]1C[C@H]2CCC[C@H]2N1S(=O)(=O)c1ccc(Br)cc1. The molecule has 2 fully saturated rings. The van der Waals surface area contributed by atoms with Gasteiger partial charge >= 0.3 is 0 Å². The minimum absolute atomic E-state index is 0.157. The van der Waals surface area contributed by atoms with Crippen LogP contribution in [-0.4, -0.2) is 35.9 Å². The maximum Gasteiger partial charge on any atom is 0.261 e. The van der Waals surface area contributed by atoms with Crippen molar-refractivity contribution in [1.29, 1.82) is 0 Å². The predicted molar refractivity (Wildman–Crippen MR) is 82.6 cm³/mol. The maximum absolute atomic E-state index is 13.0. The van der Waals surface area contributed by atoms with Gasteiger partial charge in [0.2, 0.25) is 10.0 Å². The number of nitrogens with zero attached hydrogens (tertiary/aromatic N) is 1. The topological polar surface area (TPSA) is 86.7 Å². The number of hydroxylamine groups is 1. The highest BCUT2D eigenvalue weighted by molar-refractivity contribution is 9.10. The van der Waals surface area contributed by atoms with Crippen LogP contribution in [0.15, 0.2) is 33.6 Å². The normalized spacial score (nSPS) is 28.5. The molecule has 0 radical (unpaired) electrons. The van der Waals surface area contributed by atoms with Crippen LogP contribution in [0, 0.1) is 5.92 Å². The summed E-state index contributed by atoms with van der Waals surface area (Å²) in [5.74, 6) is -0.470. The van der Waals surface area contributed by atoms with E-state index in [0.29, 0.717) is 6.42 Å².